The van der Waals surface area contributed by atoms with Gasteiger partial charge in [-0.15, -0.1) is 0 Å². The van der Waals surface area contributed by atoms with Crippen molar-refractivity contribution in [2.45, 2.75) is 31.7 Å². The molecule has 1 aliphatic heterocycles. The summed E-state index contributed by atoms with van der Waals surface area (Å²) in [6, 6.07) is 13.8. The molecule has 1 atom stereocenters. The van der Waals surface area contributed by atoms with Gasteiger partial charge in [0, 0.05) is 23.9 Å². The summed E-state index contributed by atoms with van der Waals surface area (Å²) in [6.07, 6.45) is 4.86. The molecule has 1 unspecified atom stereocenters. The third-order valence-corrected chi connectivity index (χ3v) is 5.95. The van der Waals surface area contributed by atoms with Gasteiger partial charge in [0.1, 0.15) is 29.1 Å². The van der Waals surface area contributed by atoms with E-state index >= 15 is 0 Å². The monoisotopic (exact) mass is 433 g/mol. The fourth-order valence-corrected chi connectivity index (χ4v) is 4.35. The van der Waals surface area contributed by atoms with Crippen molar-refractivity contribution in [3.05, 3.63) is 83.5 Å². The summed E-state index contributed by atoms with van der Waals surface area (Å²) in [5.41, 5.74) is 2.24. The average Bonchev–Trinajstić information content (AvgIpc) is 3.45. The molecule has 2 aromatic carbocycles. The number of carbonyl (C=O) groups is 1. The topological polar surface area (TPSA) is 71.4 Å². The highest BCUT2D eigenvalue weighted by Gasteiger charge is 2.32. The fraction of sp³-hybridized carbons (Fsp3) is 0.280. The number of methoxy groups -OCH3 is 1. The van der Waals surface area contributed by atoms with E-state index in [4.69, 9.17) is 9.15 Å². The second kappa shape index (κ2) is 8.49. The van der Waals surface area contributed by atoms with Crippen molar-refractivity contribution in [3.8, 4) is 5.75 Å². The molecule has 5 rings (SSSR count). The molecule has 0 bridgehead atoms. The summed E-state index contributed by atoms with van der Waals surface area (Å²) in [4.78, 5) is 22.9. The maximum absolute atomic E-state index is 13.5. The Balaban J connectivity index is 1.38. The highest BCUT2D eigenvalue weighted by Crippen LogP contribution is 2.33. The Kier molecular flexibility index (Phi) is 5.39. The lowest BCUT2D eigenvalue weighted by Gasteiger charge is -2.33. The molecule has 32 heavy (non-hydrogen) atoms. The summed E-state index contributed by atoms with van der Waals surface area (Å²) in [6.45, 7) is 0.643. The molecule has 2 aromatic heterocycles. The van der Waals surface area contributed by atoms with Crippen molar-refractivity contribution in [3.63, 3.8) is 0 Å². The van der Waals surface area contributed by atoms with E-state index in [9.17, 15) is 9.18 Å². The van der Waals surface area contributed by atoms with Crippen LogP contribution in [0.3, 0.4) is 0 Å². The van der Waals surface area contributed by atoms with E-state index in [1.165, 1.54) is 12.1 Å². The zero-order chi connectivity index (χ0) is 22.1. The standard InChI is InChI=1S/C25H24FN3O3/c1-31-19-8-9-21-17(13-19)14-22(28-21)25(30)29-10-3-2-7-23(29)24-27-15-20(32-24)12-16-5-4-6-18(26)11-16/h4-6,8-9,11,13-15,23,28H,2-3,7,10,12H2,1H3. The lowest BCUT2D eigenvalue weighted by atomic mass is 10.0. The highest BCUT2D eigenvalue weighted by molar-refractivity contribution is 5.98. The number of benzene rings is 2. The van der Waals surface area contributed by atoms with Crippen molar-refractivity contribution in [1.82, 2.24) is 14.9 Å². The molecule has 1 fully saturated rings. The van der Waals surface area contributed by atoms with E-state index in [-0.39, 0.29) is 17.8 Å². The van der Waals surface area contributed by atoms with Gasteiger partial charge in [0.05, 0.1) is 13.3 Å². The lowest BCUT2D eigenvalue weighted by molar-refractivity contribution is 0.0565. The van der Waals surface area contributed by atoms with Gasteiger partial charge in [0.2, 0.25) is 5.89 Å². The Morgan fingerprint density at radius 3 is 3.00 bits per heavy atom. The summed E-state index contributed by atoms with van der Waals surface area (Å²) < 4.78 is 24.8. The van der Waals surface area contributed by atoms with E-state index in [1.54, 1.807) is 19.4 Å². The highest BCUT2D eigenvalue weighted by atomic mass is 19.1. The second-order valence-electron chi connectivity index (χ2n) is 8.12. The van der Waals surface area contributed by atoms with Crippen LogP contribution in [-0.4, -0.2) is 34.4 Å². The first-order valence-corrected chi connectivity index (χ1v) is 10.8. The zero-order valence-electron chi connectivity index (χ0n) is 17.8. The lowest BCUT2D eigenvalue weighted by Crippen LogP contribution is -2.38. The molecular formula is C25H24FN3O3. The molecule has 0 spiro atoms. The van der Waals surface area contributed by atoms with Gasteiger partial charge in [-0.2, -0.15) is 0 Å². The van der Waals surface area contributed by atoms with E-state index in [0.29, 0.717) is 30.3 Å². The Morgan fingerprint density at radius 1 is 1.25 bits per heavy atom. The van der Waals surface area contributed by atoms with Crippen molar-refractivity contribution in [1.29, 1.82) is 0 Å². The van der Waals surface area contributed by atoms with E-state index in [2.05, 4.69) is 9.97 Å². The molecule has 1 amide bonds. The number of rotatable bonds is 5. The summed E-state index contributed by atoms with van der Waals surface area (Å²) in [7, 11) is 1.62. The third kappa shape index (κ3) is 3.98. The third-order valence-electron chi connectivity index (χ3n) is 5.95. The molecule has 6 nitrogen and oxygen atoms in total. The normalized spacial score (nSPS) is 16.4. The zero-order valence-corrected chi connectivity index (χ0v) is 17.8. The largest absolute Gasteiger partial charge is 0.497 e. The van der Waals surface area contributed by atoms with Gasteiger partial charge in [-0.25, -0.2) is 9.37 Å². The fourth-order valence-electron chi connectivity index (χ4n) is 4.35. The number of fused-ring (bicyclic) bond motifs is 1. The van der Waals surface area contributed by atoms with Crippen molar-refractivity contribution < 1.29 is 18.3 Å². The number of amides is 1. The van der Waals surface area contributed by atoms with Gasteiger partial charge >= 0.3 is 0 Å². The van der Waals surface area contributed by atoms with Crippen LogP contribution in [0.25, 0.3) is 10.9 Å². The van der Waals surface area contributed by atoms with Gasteiger partial charge in [-0.3, -0.25) is 4.79 Å². The molecule has 164 valence electrons. The van der Waals surface area contributed by atoms with Gasteiger partial charge in [-0.05, 0) is 61.2 Å². The first kappa shape index (κ1) is 20.3. The number of H-pyrrole nitrogens is 1. The quantitative estimate of drug-likeness (QED) is 0.466. The molecule has 4 aromatic rings. The first-order chi connectivity index (χ1) is 15.6. The first-order valence-electron chi connectivity index (χ1n) is 10.8. The van der Waals surface area contributed by atoms with Crippen molar-refractivity contribution in [2.75, 3.05) is 13.7 Å². The Labute approximate surface area is 185 Å². The minimum absolute atomic E-state index is 0.0743. The molecule has 1 aliphatic rings. The van der Waals surface area contributed by atoms with Crippen LogP contribution in [0.2, 0.25) is 0 Å². The van der Waals surface area contributed by atoms with E-state index < -0.39 is 0 Å². The van der Waals surface area contributed by atoms with Crippen LogP contribution in [0.5, 0.6) is 5.75 Å². The van der Waals surface area contributed by atoms with Gasteiger partial charge in [0.15, 0.2) is 0 Å². The summed E-state index contributed by atoms with van der Waals surface area (Å²) >= 11 is 0. The minimum Gasteiger partial charge on any atom is -0.497 e. The molecule has 0 saturated carbocycles. The van der Waals surface area contributed by atoms with Crippen molar-refractivity contribution in [2.24, 2.45) is 0 Å². The predicted octanol–water partition coefficient (Wildman–Crippen LogP) is 5.26. The molecule has 1 N–H and O–H groups in total. The van der Waals surface area contributed by atoms with Crippen LogP contribution in [0, 0.1) is 5.82 Å². The number of piperidine rings is 1. The summed E-state index contributed by atoms with van der Waals surface area (Å²) in [5, 5.41) is 0.926. The van der Waals surface area contributed by atoms with Crippen LogP contribution in [-0.2, 0) is 6.42 Å². The Bertz CT molecular complexity index is 1260. The van der Waals surface area contributed by atoms with Crippen LogP contribution < -0.4 is 4.74 Å². The predicted molar refractivity (Wildman–Crippen MR) is 118 cm³/mol. The van der Waals surface area contributed by atoms with E-state index in [1.807, 2.05) is 35.2 Å². The number of halogens is 1. The number of hydrogen-bond donors (Lipinski definition) is 1. The summed E-state index contributed by atoms with van der Waals surface area (Å²) in [5.74, 6) is 1.58. The van der Waals surface area contributed by atoms with Crippen LogP contribution in [0.15, 0.2) is 59.1 Å². The van der Waals surface area contributed by atoms with Gasteiger partial charge < -0.3 is 19.0 Å². The maximum atomic E-state index is 13.5. The number of nitrogens with zero attached hydrogens (tertiary/aromatic N) is 2. The molecular weight excluding hydrogens is 409 g/mol. The Hall–Kier alpha value is -3.61. The van der Waals surface area contributed by atoms with Crippen LogP contribution >= 0.6 is 0 Å². The Morgan fingerprint density at radius 2 is 2.16 bits per heavy atom. The van der Waals surface area contributed by atoms with E-state index in [0.717, 1.165) is 41.5 Å². The van der Waals surface area contributed by atoms with Crippen molar-refractivity contribution >= 4 is 16.8 Å². The molecule has 0 aliphatic carbocycles. The SMILES string of the molecule is COc1ccc2[nH]c(C(=O)N3CCCCC3c3ncc(Cc4cccc(F)c4)o3)cc2c1. The average molecular weight is 433 g/mol. The van der Waals surface area contributed by atoms with Gasteiger partial charge in [0.25, 0.3) is 5.91 Å². The number of carbonyl (C=O) groups excluding carboxylic acids is 1. The number of aromatic nitrogens is 2. The van der Waals surface area contributed by atoms with Gasteiger partial charge in [-0.1, -0.05) is 12.1 Å². The second-order valence-corrected chi connectivity index (χ2v) is 8.12. The van der Waals surface area contributed by atoms with Crippen LogP contribution in [0.1, 0.15) is 53.0 Å². The number of hydrogen-bond acceptors (Lipinski definition) is 4. The molecule has 0 radical (unpaired) electrons. The minimum atomic E-state index is -0.276. The number of oxazole rings is 1. The smallest absolute Gasteiger partial charge is 0.270 e. The molecule has 1 saturated heterocycles. The molecule has 3 heterocycles. The number of likely N-dealkylation sites (tertiary alicyclic amines) is 1. The maximum Gasteiger partial charge on any atom is 0.270 e. The number of aromatic amines is 1. The van der Waals surface area contributed by atoms with Crippen LogP contribution in [0.4, 0.5) is 4.39 Å². The number of nitrogens with one attached hydrogen (secondary N) is 1. The number of ether oxygens (including phenoxy) is 1. The molecule has 7 heteroatoms.